The van der Waals surface area contributed by atoms with Crippen LogP contribution in [0.5, 0.6) is 5.75 Å². The molecule has 1 aromatic carbocycles. The van der Waals surface area contributed by atoms with Gasteiger partial charge in [-0.25, -0.2) is 0 Å². The monoisotopic (exact) mass is 474 g/mol. The van der Waals surface area contributed by atoms with E-state index in [9.17, 15) is 14.7 Å². The van der Waals surface area contributed by atoms with Gasteiger partial charge >= 0.3 is 0 Å². The van der Waals surface area contributed by atoms with Crippen molar-refractivity contribution in [2.45, 2.75) is 43.6 Å². The van der Waals surface area contributed by atoms with Crippen molar-refractivity contribution < 1.29 is 24.2 Å². The fourth-order valence-electron chi connectivity index (χ4n) is 4.65. The Kier molecular flexibility index (Phi) is 6.69. The Morgan fingerprint density at radius 1 is 1.09 bits per heavy atom. The topological polar surface area (TPSA) is 123 Å². The molecule has 9 nitrogen and oxygen atoms in total. The molecular formula is C26H26N4O5. The zero-order valence-electron chi connectivity index (χ0n) is 19.0. The maximum atomic E-state index is 12.6. The predicted octanol–water partition coefficient (Wildman–Crippen LogP) is 2.43. The number of aliphatic hydroxyl groups excluding tert-OH is 1. The van der Waals surface area contributed by atoms with Crippen molar-refractivity contribution >= 4 is 17.5 Å². The molecule has 4 heterocycles. The molecule has 180 valence electrons. The van der Waals surface area contributed by atoms with Gasteiger partial charge in [-0.15, -0.1) is 0 Å². The zero-order chi connectivity index (χ0) is 24.2. The first-order valence-electron chi connectivity index (χ1n) is 11.5. The lowest BCUT2D eigenvalue weighted by atomic mass is 9.84. The number of amides is 2. The minimum Gasteiger partial charge on any atom is -0.487 e. The maximum Gasteiger partial charge on any atom is 0.257 e. The molecule has 0 spiro atoms. The fraction of sp³-hybridized carbons (Fsp3) is 0.308. The number of anilines is 1. The SMILES string of the molecule is O=C(C[C@H]1C[C@@H]2c3cc(NC(=O)c4cccnc4)ccc3O[C@@H]2[C@@H](CO)O1)NCc1cccnc1. The molecule has 35 heavy (non-hydrogen) atoms. The number of aromatic nitrogens is 2. The zero-order valence-corrected chi connectivity index (χ0v) is 19.0. The molecule has 0 bridgehead atoms. The first-order chi connectivity index (χ1) is 17.1. The van der Waals surface area contributed by atoms with E-state index in [0.29, 0.717) is 30.0 Å². The molecule has 1 fully saturated rings. The van der Waals surface area contributed by atoms with Gasteiger partial charge in [0, 0.05) is 48.5 Å². The van der Waals surface area contributed by atoms with Crippen LogP contribution in [0.1, 0.15) is 40.2 Å². The standard InChI is InChI=1S/C26H26N4O5/c31-15-23-25-21(10-19(34-23)11-24(32)29-13-16-3-1-7-27-12-16)20-9-18(5-6-22(20)35-25)30-26(33)17-4-2-8-28-14-17/h1-9,12,14,19,21,23,25,31H,10-11,13,15H2,(H,29,32)(H,30,33)/t19-,21-,23-,25+/m1/s1. The molecule has 0 radical (unpaired) electrons. The van der Waals surface area contributed by atoms with Gasteiger partial charge in [-0.2, -0.15) is 0 Å². The molecule has 2 aliphatic heterocycles. The number of ether oxygens (including phenoxy) is 2. The second-order valence-electron chi connectivity index (χ2n) is 8.69. The highest BCUT2D eigenvalue weighted by molar-refractivity contribution is 6.04. The molecule has 4 atom stereocenters. The van der Waals surface area contributed by atoms with Crippen LogP contribution in [0, 0.1) is 0 Å². The molecule has 1 saturated heterocycles. The third-order valence-corrected chi connectivity index (χ3v) is 6.31. The second kappa shape index (κ2) is 10.2. The third-order valence-electron chi connectivity index (χ3n) is 6.31. The Hall–Kier alpha value is -3.82. The fourth-order valence-corrected chi connectivity index (χ4v) is 4.65. The summed E-state index contributed by atoms with van der Waals surface area (Å²) in [6.07, 6.45) is 5.98. The van der Waals surface area contributed by atoms with Crippen molar-refractivity contribution in [1.29, 1.82) is 0 Å². The molecule has 0 saturated carbocycles. The first-order valence-corrected chi connectivity index (χ1v) is 11.5. The van der Waals surface area contributed by atoms with Crippen LogP contribution in [0.25, 0.3) is 0 Å². The number of hydrogen-bond donors (Lipinski definition) is 3. The van der Waals surface area contributed by atoms with Crippen LogP contribution < -0.4 is 15.4 Å². The Labute approximate surface area is 202 Å². The molecule has 0 aliphatic carbocycles. The van der Waals surface area contributed by atoms with Crippen molar-refractivity contribution in [1.82, 2.24) is 15.3 Å². The Balaban J connectivity index is 1.26. The van der Waals surface area contributed by atoms with E-state index < -0.39 is 6.10 Å². The van der Waals surface area contributed by atoms with E-state index in [-0.39, 0.29) is 43.0 Å². The summed E-state index contributed by atoms with van der Waals surface area (Å²) in [5.74, 6) is 0.243. The van der Waals surface area contributed by atoms with Gasteiger partial charge in [-0.05, 0) is 48.4 Å². The number of pyridine rings is 2. The molecule has 3 aromatic rings. The molecule has 3 N–H and O–H groups in total. The number of nitrogens with zero attached hydrogens (tertiary/aromatic N) is 2. The molecule has 5 rings (SSSR count). The summed E-state index contributed by atoms with van der Waals surface area (Å²) in [7, 11) is 0. The lowest BCUT2D eigenvalue weighted by Crippen LogP contribution is -2.47. The van der Waals surface area contributed by atoms with Gasteiger partial charge in [0.05, 0.1) is 24.7 Å². The molecule has 9 heteroatoms. The number of carbonyl (C=O) groups excluding carboxylic acids is 2. The van der Waals surface area contributed by atoms with E-state index in [1.807, 2.05) is 24.3 Å². The van der Waals surface area contributed by atoms with Crippen molar-refractivity contribution in [3.05, 3.63) is 83.9 Å². The Morgan fingerprint density at radius 2 is 1.91 bits per heavy atom. The van der Waals surface area contributed by atoms with E-state index in [1.165, 1.54) is 6.20 Å². The summed E-state index contributed by atoms with van der Waals surface area (Å²) >= 11 is 0. The van der Waals surface area contributed by atoms with Gasteiger partial charge in [0.15, 0.2) is 0 Å². The highest BCUT2D eigenvalue weighted by atomic mass is 16.6. The lowest BCUT2D eigenvalue weighted by Gasteiger charge is -2.37. The van der Waals surface area contributed by atoms with Crippen molar-refractivity contribution in [2.24, 2.45) is 0 Å². The summed E-state index contributed by atoms with van der Waals surface area (Å²) in [5, 5.41) is 15.7. The van der Waals surface area contributed by atoms with Crippen LogP contribution in [-0.4, -0.2) is 51.8 Å². The number of nitrogens with one attached hydrogen (secondary N) is 2. The van der Waals surface area contributed by atoms with E-state index in [1.54, 1.807) is 36.8 Å². The minimum atomic E-state index is -0.550. The summed E-state index contributed by atoms with van der Waals surface area (Å²) < 4.78 is 12.1. The van der Waals surface area contributed by atoms with Crippen LogP contribution in [0.4, 0.5) is 5.69 Å². The smallest absolute Gasteiger partial charge is 0.257 e. The van der Waals surface area contributed by atoms with E-state index in [0.717, 1.165) is 11.1 Å². The van der Waals surface area contributed by atoms with Crippen LogP contribution >= 0.6 is 0 Å². The van der Waals surface area contributed by atoms with E-state index >= 15 is 0 Å². The van der Waals surface area contributed by atoms with Crippen molar-refractivity contribution in [3.63, 3.8) is 0 Å². The summed E-state index contributed by atoms with van der Waals surface area (Å²) in [4.78, 5) is 33.2. The molecule has 2 aliphatic rings. The summed E-state index contributed by atoms with van der Waals surface area (Å²) in [6, 6.07) is 12.6. The highest BCUT2D eigenvalue weighted by Crippen LogP contribution is 2.47. The number of benzene rings is 1. The normalized spacial score (nSPS) is 22.4. The molecular weight excluding hydrogens is 448 g/mol. The van der Waals surface area contributed by atoms with Crippen molar-refractivity contribution in [3.8, 4) is 5.75 Å². The second-order valence-corrected chi connectivity index (χ2v) is 8.69. The summed E-state index contributed by atoms with van der Waals surface area (Å²) in [5.41, 5.74) is 2.95. The summed E-state index contributed by atoms with van der Waals surface area (Å²) in [6.45, 7) is 0.175. The van der Waals surface area contributed by atoms with Crippen LogP contribution in [-0.2, 0) is 16.1 Å². The average molecular weight is 475 g/mol. The van der Waals surface area contributed by atoms with Gasteiger partial charge < -0.3 is 25.2 Å². The van der Waals surface area contributed by atoms with Gasteiger partial charge in [-0.3, -0.25) is 19.6 Å². The number of fused-ring (bicyclic) bond motifs is 3. The first kappa shape index (κ1) is 22.9. The number of carbonyl (C=O) groups is 2. The molecule has 2 amide bonds. The van der Waals surface area contributed by atoms with Gasteiger partial charge in [0.1, 0.15) is 18.0 Å². The largest absolute Gasteiger partial charge is 0.487 e. The lowest BCUT2D eigenvalue weighted by molar-refractivity contribution is -0.142. The quantitative estimate of drug-likeness (QED) is 0.481. The Bertz CT molecular complexity index is 1190. The number of aliphatic hydroxyl groups is 1. The number of rotatable bonds is 7. The highest BCUT2D eigenvalue weighted by Gasteiger charge is 2.46. The van der Waals surface area contributed by atoms with E-state index in [2.05, 4.69) is 20.6 Å². The molecule has 0 unspecified atom stereocenters. The van der Waals surface area contributed by atoms with Gasteiger partial charge in [0.25, 0.3) is 5.91 Å². The minimum absolute atomic E-state index is 0.0673. The Morgan fingerprint density at radius 3 is 2.66 bits per heavy atom. The van der Waals surface area contributed by atoms with Crippen LogP contribution in [0.3, 0.4) is 0 Å². The van der Waals surface area contributed by atoms with Gasteiger partial charge in [0.2, 0.25) is 5.91 Å². The van der Waals surface area contributed by atoms with E-state index in [4.69, 9.17) is 9.47 Å². The van der Waals surface area contributed by atoms with Crippen LogP contribution in [0.15, 0.2) is 67.3 Å². The van der Waals surface area contributed by atoms with Crippen LogP contribution in [0.2, 0.25) is 0 Å². The van der Waals surface area contributed by atoms with Gasteiger partial charge in [-0.1, -0.05) is 6.07 Å². The maximum absolute atomic E-state index is 12.6. The average Bonchev–Trinajstić information content (AvgIpc) is 3.26. The third kappa shape index (κ3) is 5.16. The van der Waals surface area contributed by atoms with Crippen molar-refractivity contribution in [2.75, 3.05) is 11.9 Å². The predicted molar refractivity (Wildman–Crippen MR) is 127 cm³/mol. The number of hydrogen-bond acceptors (Lipinski definition) is 7. The molecule has 2 aromatic heterocycles.